The van der Waals surface area contributed by atoms with Crippen molar-refractivity contribution in [3.05, 3.63) is 59.8 Å². The van der Waals surface area contributed by atoms with Crippen molar-refractivity contribution in [1.29, 1.82) is 0 Å². The Labute approximate surface area is 184 Å². The van der Waals surface area contributed by atoms with Gasteiger partial charge in [0.25, 0.3) is 5.91 Å². The first-order valence-electron chi connectivity index (χ1n) is 11.4. The van der Waals surface area contributed by atoms with Gasteiger partial charge in [0.05, 0.1) is 0 Å². The Hall–Kier alpha value is -2.89. The molecular weight excluding hydrogens is 390 g/mol. The second-order valence-corrected chi connectivity index (χ2v) is 8.57. The maximum atomic E-state index is 13.0. The van der Waals surface area contributed by atoms with Crippen LogP contribution in [0, 0.1) is 5.92 Å². The summed E-state index contributed by atoms with van der Waals surface area (Å²) < 4.78 is 5.76. The average molecular weight is 422 g/mol. The minimum absolute atomic E-state index is 0.0102. The number of ether oxygens (including phenoxy) is 1. The Morgan fingerprint density at radius 2 is 1.74 bits per heavy atom. The van der Waals surface area contributed by atoms with E-state index in [9.17, 15) is 9.59 Å². The number of hydrogen-bond donors (Lipinski definition) is 1. The van der Waals surface area contributed by atoms with E-state index in [2.05, 4.69) is 10.3 Å². The Kier molecular flexibility index (Phi) is 7.18. The van der Waals surface area contributed by atoms with Crippen LogP contribution in [0.4, 0.5) is 0 Å². The summed E-state index contributed by atoms with van der Waals surface area (Å²) in [7, 11) is 0. The molecule has 2 aromatic rings. The highest BCUT2D eigenvalue weighted by molar-refractivity contribution is 5.94. The highest BCUT2D eigenvalue weighted by atomic mass is 16.5. The van der Waals surface area contributed by atoms with Crippen molar-refractivity contribution < 1.29 is 14.3 Å². The normalized spacial score (nSPS) is 17.9. The molecule has 31 heavy (non-hydrogen) atoms. The van der Waals surface area contributed by atoms with E-state index in [1.54, 1.807) is 18.3 Å². The third kappa shape index (κ3) is 5.84. The number of nitrogens with one attached hydrogen (secondary N) is 1. The van der Waals surface area contributed by atoms with Crippen molar-refractivity contribution in [3.8, 4) is 5.88 Å². The van der Waals surface area contributed by atoms with Crippen LogP contribution < -0.4 is 10.1 Å². The molecule has 2 fully saturated rings. The van der Waals surface area contributed by atoms with Gasteiger partial charge >= 0.3 is 0 Å². The van der Waals surface area contributed by atoms with E-state index < -0.39 is 0 Å². The standard InChI is InChI=1S/C25H31N3O3/c29-24(20-9-5-2-6-10-20)27-22-12-15-28(16-13-22)25(30)21-11-14-26-23(17-21)31-18-19-7-3-1-4-8-19/h1,3-4,7-8,11,14,17,20,22H,2,5-6,9-10,12-13,15-16,18H2,(H,27,29). The summed E-state index contributed by atoms with van der Waals surface area (Å²) in [6.45, 7) is 1.71. The quantitative estimate of drug-likeness (QED) is 0.766. The number of piperidine rings is 1. The molecule has 2 amide bonds. The van der Waals surface area contributed by atoms with Crippen molar-refractivity contribution >= 4 is 11.8 Å². The molecule has 0 unspecified atom stereocenters. The molecule has 1 saturated carbocycles. The molecule has 2 aliphatic rings. The summed E-state index contributed by atoms with van der Waals surface area (Å²) in [6, 6.07) is 13.5. The SMILES string of the molecule is O=C(NC1CCN(C(=O)c2ccnc(OCc3ccccc3)c2)CC1)C1CCCCC1. The van der Waals surface area contributed by atoms with Gasteiger partial charge in [-0.1, -0.05) is 49.6 Å². The molecular formula is C25H31N3O3. The van der Waals surface area contributed by atoms with E-state index in [-0.39, 0.29) is 23.8 Å². The number of amides is 2. The molecule has 0 bridgehead atoms. The molecule has 0 radical (unpaired) electrons. The highest BCUT2D eigenvalue weighted by Crippen LogP contribution is 2.24. The second kappa shape index (κ2) is 10.4. The number of pyridine rings is 1. The smallest absolute Gasteiger partial charge is 0.254 e. The third-order valence-corrected chi connectivity index (χ3v) is 6.32. The summed E-state index contributed by atoms with van der Waals surface area (Å²) in [5.74, 6) is 0.826. The van der Waals surface area contributed by atoms with Crippen LogP contribution >= 0.6 is 0 Å². The van der Waals surface area contributed by atoms with Gasteiger partial charge in [-0.25, -0.2) is 4.98 Å². The first-order valence-corrected chi connectivity index (χ1v) is 11.4. The minimum atomic E-state index is -0.0102. The van der Waals surface area contributed by atoms with E-state index in [0.29, 0.717) is 31.1 Å². The van der Waals surface area contributed by atoms with Crippen molar-refractivity contribution in [2.24, 2.45) is 5.92 Å². The number of benzene rings is 1. The van der Waals surface area contributed by atoms with E-state index in [4.69, 9.17) is 4.74 Å². The molecule has 0 spiro atoms. The van der Waals surface area contributed by atoms with Crippen molar-refractivity contribution in [2.45, 2.75) is 57.6 Å². The van der Waals surface area contributed by atoms with Gasteiger partial charge in [-0.3, -0.25) is 9.59 Å². The average Bonchev–Trinajstić information content (AvgIpc) is 2.84. The number of nitrogens with zero attached hydrogens (tertiary/aromatic N) is 2. The Balaban J connectivity index is 1.27. The molecule has 1 aliphatic heterocycles. The predicted octanol–water partition coefficient (Wildman–Crippen LogP) is 3.96. The zero-order valence-electron chi connectivity index (χ0n) is 18.0. The molecule has 6 nitrogen and oxygen atoms in total. The zero-order valence-corrected chi connectivity index (χ0v) is 18.0. The van der Waals surface area contributed by atoms with E-state index in [1.165, 1.54) is 6.42 Å². The molecule has 4 rings (SSSR count). The van der Waals surface area contributed by atoms with Crippen LogP contribution in [0.25, 0.3) is 0 Å². The van der Waals surface area contributed by atoms with Gasteiger partial charge in [0, 0.05) is 42.9 Å². The van der Waals surface area contributed by atoms with Gasteiger partial charge < -0.3 is 15.0 Å². The van der Waals surface area contributed by atoms with Gasteiger partial charge in [0.1, 0.15) is 6.61 Å². The summed E-state index contributed by atoms with van der Waals surface area (Å²) in [4.78, 5) is 31.5. The van der Waals surface area contributed by atoms with Crippen LogP contribution in [0.2, 0.25) is 0 Å². The summed E-state index contributed by atoms with van der Waals surface area (Å²) >= 11 is 0. The maximum absolute atomic E-state index is 13.0. The summed E-state index contributed by atoms with van der Waals surface area (Å²) in [5, 5.41) is 3.22. The number of carbonyl (C=O) groups is 2. The number of aromatic nitrogens is 1. The maximum Gasteiger partial charge on any atom is 0.254 e. The van der Waals surface area contributed by atoms with Crippen LogP contribution in [0.1, 0.15) is 60.9 Å². The first-order chi connectivity index (χ1) is 15.2. The number of hydrogen-bond acceptors (Lipinski definition) is 4. The minimum Gasteiger partial charge on any atom is -0.473 e. The Morgan fingerprint density at radius 3 is 2.48 bits per heavy atom. The van der Waals surface area contributed by atoms with Crippen molar-refractivity contribution in [2.75, 3.05) is 13.1 Å². The molecule has 1 aromatic carbocycles. The molecule has 1 N–H and O–H groups in total. The fourth-order valence-corrected chi connectivity index (χ4v) is 4.45. The van der Waals surface area contributed by atoms with Gasteiger partial charge in [0.15, 0.2) is 0 Å². The molecule has 1 saturated heterocycles. The molecule has 6 heteroatoms. The molecule has 164 valence electrons. The molecule has 0 atom stereocenters. The van der Waals surface area contributed by atoms with Crippen molar-refractivity contribution in [1.82, 2.24) is 15.2 Å². The first kappa shape index (κ1) is 21.3. The second-order valence-electron chi connectivity index (χ2n) is 8.57. The summed E-state index contributed by atoms with van der Waals surface area (Å²) in [5.41, 5.74) is 1.64. The highest BCUT2D eigenvalue weighted by Gasteiger charge is 2.27. The van der Waals surface area contributed by atoms with E-state index in [0.717, 1.165) is 44.1 Å². The van der Waals surface area contributed by atoms with Gasteiger partial charge in [-0.15, -0.1) is 0 Å². The van der Waals surface area contributed by atoms with Crippen LogP contribution in [-0.2, 0) is 11.4 Å². The fourth-order valence-electron chi connectivity index (χ4n) is 4.45. The van der Waals surface area contributed by atoms with Crippen LogP contribution in [0.5, 0.6) is 5.88 Å². The number of rotatable bonds is 6. The van der Waals surface area contributed by atoms with E-state index >= 15 is 0 Å². The predicted molar refractivity (Wildman–Crippen MR) is 119 cm³/mol. The lowest BCUT2D eigenvalue weighted by Gasteiger charge is -2.33. The lowest BCUT2D eigenvalue weighted by molar-refractivity contribution is -0.126. The number of likely N-dealkylation sites (tertiary alicyclic amines) is 1. The van der Waals surface area contributed by atoms with Gasteiger partial charge in [-0.05, 0) is 37.3 Å². The largest absolute Gasteiger partial charge is 0.473 e. The fraction of sp³-hybridized carbons (Fsp3) is 0.480. The number of carbonyl (C=O) groups excluding carboxylic acids is 2. The monoisotopic (exact) mass is 421 g/mol. The Bertz CT molecular complexity index is 873. The lowest BCUT2D eigenvalue weighted by Crippen LogP contribution is -2.48. The third-order valence-electron chi connectivity index (χ3n) is 6.32. The zero-order chi connectivity index (χ0) is 21.5. The topological polar surface area (TPSA) is 71.5 Å². The molecule has 1 aromatic heterocycles. The van der Waals surface area contributed by atoms with Crippen molar-refractivity contribution in [3.63, 3.8) is 0 Å². The molecule has 1 aliphatic carbocycles. The van der Waals surface area contributed by atoms with E-state index in [1.807, 2.05) is 35.2 Å². The van der Waals surface area contributed by atoms with Crippen LogP contribution in [0.15, 0.2) is 48.7 Å². The Morgan fingerprint density at radius 1 is 1.00 bits per heavy atom. The van der Waals surface area contributed by atoms with Crippen LogP contribution in [-0.4, -0.2) is 40.8 Å². The van der Waals surface area contributed by atoms with Crippen LogP contribution in [0.3, 0.4) is 0 Å². The van der Waals surface area contributed by atoms with Gasteiger partial charge in [-0.2, -0.15) is 0 Å². The lowest BCUT2D eigenvalue weighted by atomic mass is 9.88. The summed E-state index contributed by atoms with van der Waals surface area (Å²) in [6.07, 6.45) is 8.81. The van der Waals surface area contributed by atoms with Gasteiger partial charge in [0.2, 0.25) is 11.8 Å². The molecule has 2 heterocycles.